The maximum Gasteiger partial charge on any atom is 0.472 e. The van der Waals surface area contributed by atoms with E-state index in [1.165, 1.54) is 128 Å². The molecule has 0 radical (unpaired) electrons. The summed E-state index contributed by atoms with van der Waals surface area (Å²) >= 11 is 0. The molecule has 0 aromatic rings. The number of hydrogen-bond acceptors (Lipinski definition) is 14. The number of esters is 3. The van der Waals surface area contributed by atoms with Crippen LogP contribution in [0, 0.1) is 0 Å². The van der Waals surface area contributed by atoms with E-state index in [4.69, 9.17) is 32.3 Å². The number of allylic oxidation sites excluding steroid dienone is 20. The Morgan fingerprint density at radius 2 is 0.525 bits per heavy atom. The third-order valence-electron chi connectivity index (χ3n) is 16.6. The number of rotatable bonds is 75. The fraction of sp³-hybridized carbons (Fsp3) is 0.723. The van der Waals surface area contributed by atoms with E-state index in [0.29, 0.717) is 19.3 Å². The molecular weight excluding hydrogens is 1310 g/mol. The van der Waals surface area contributed by atoms with Crippen LogP contribution in [0.1, 0.15) is 329 Å². The van der Waals surface area contributed by atoms with Crippen LogP contribution >= 0.6 is 15.6 Å². The molecule has 582 valence electrons. The minimum Gasteiger partial charge on any atom is -0.463 e. The van der Waals surface area contributed by atoms with Crippen molar-refractivity contribution >= 4 is 33.6 Å². The van der Waals surface area contributed by atoms with Gasteiger partial charge < -0.3 is 34.2 Å². The summed E-state index contributed by atoms with van der Waals surface area (Å²) < 4.78 is 61.1. The molecule has 101 heavy (non-hydrogen) atoms. The molecule has 0 aliphatic rings. The van der Waals surface area contributed by atoms with Crippen LogP contribution in [0.4, 0.5) is 0 Å². The molecule has 5 unspecified atom stereocenters. The summed E-state index contributed by atoms with van der Waals surface area (Å²) in [6, 6.07) is 0. The van der Waals surface area contributed by atoms with Crippen molar-refractivity contribution < 1.29 is 75.8 Å². The summed E-state index contributed by atoms with van der Waals surface area (Å²) in [6.07, 6.45) is 89.7. The SMILES string of the molecule is CC/C=C\C/C=C\C/C=C\C/C=C\C/C=C\CCCCCCCC(=O)OCC(COP(=O)(O)OCC(O)COP(=O)(O)OCC(O)COC(=O)CCCCCCCCCCCCCCCCC/C=C\C/C=C\C/C=C\C/C=C\CCCCC)OC(=O)CCCCCCC/C=C\CCCCCC. The number of carbonyl (C=O) groups is 3. The van der Waals surface area contributed by atoms with E-state index >= 15 is 0 Å². The standard InChI is InChI=1S/C83H144O16P2/c1-4-7-10-13-16-19-22-25-27-29-31-33-34-35-36-37-38-39-40-41-42-44-46-47-49-52-54-57-60-63-66-69-81(86)93-72-78(84)73-95-100(89,90)96-74-79(85)75-97-101(91,92)98-77-80(99-83(88)71-68-65-62-59-56-51-24-21-18-15-12-9-6-3)76-94-82(87)70-67-64-61-58-55-53-50-48-45-43-32-30-28-26-23-20-17-14-11-8-5-2/h8,11,16-17,19-21,24-28,31-33,35-36,43,48,50,78-80,84-85H,4-7,9-10,12-15,18,22-23,29-30,34,37-42,44-47,49,51-77H2,1-3H3,(H,89,90)(H,91,92)/b11-8-,19-16-,20-17-,24-21-,27-25-,28-26-,33-31-,36-35-,43-32-,50-48-. The van der Waals surface area contributed by atoms with Gasteiger partial charge in [-0.05, 0) is 135 Å². The molecule has 0 fully saturated rings. The molecule has 0 saturated heterocycles. The molecule has 18 heteroatoms. The molecular formula is C83H144O16P2. The van der Waals surface area contributed by atoms with Crippen molar-refractivity contribution in [3.05, 3.63) is 122 Å². The third kappa shape index (κ3) is 76.9. The van der Waals surface area contributed by atoms with Gasteiger partial charge in [0, 0.05) is 19.3 Å². The quantitative estimate of drug-likeness (QED) is 0.0146. The van der Waals surface area contributed by atoms with Crippen molar-refractivity contribution in [3.63, 3.8) is 0 Å². The Morgan fingerprint density at radius 1 is 0.287 bits per heavy atom. The zero-order valence-corrected chi connectivity index (χ0v) is 65.3. The summed E-state index contributed by atoms with van der Waals surface area (Å²) in [4.78, 5) is 58.6. The van der Waals surface area contributed by atoms with Gasteiger partial charge in [-0.2, -0.15) is 0 Å². The number of ether oxygens (including phenoxy) is 3. The Kier molecular flexibility index (Phi) is 72.6. The summed E-state index contributed by atoms with van der Waals surface area (Å²) in [7, 11) is -9.79. The van der Waals surface area contributed by atoms with Crippen LogP contribution < -0.4 is 0 Å². The Bertz CT molecular complexity index is 2320. The maximum atomic E-state index is 12.9. The number of unbranched alkanes of at least 4 members (excludes halogenated alkanes) is 32. The molecule has 0 bridgehead atoms. The zero-order valence-electron chi connectivity index (χ0n) is 63.5. The Labute approximate surface area is 614 Å². The van der Waals surface area contributed by atoms with Gasteiger partial charge in [0.2, 0.25) is 0 Å². The average Bonchev–Trinajstić information content (AvgIpc) is 0.935. The lowest BCUT2D eigenvalue weighted by atomic mass is 10.0. The molecule has 5 atom stereocenters. The summed E-state index contributed by atoms with van der Waals surface area (Å²) in [5.41, 5.74) is 0. The molecule has 0 heterocycles. The number of aliphatic hydroxyl groups is 2. The van der Waals surface area contributed by atoms with Gasteiger partial charge in [-0.1, -0.05) is 296 Å². The van der Waals surface area contributed by atoms with Gasteiger partial charge in [0.15, 0.2) is 6.10 Å². The highest BCUT2D eigenvalue weighted by Gasteiger charge is 2.29. The predicted molar refractivity (Wildman–Crippen MR) is 417 cm³/mol. The first-order valence-corrected chi connectivity index (χ1v) is 42.8. The summed E-state index contributed by atoms with van der Waals surface area (Å²) in [5.74, 6) is -1.60. The highest BCUT2D eigenvalue weighted by atomic mass is 31.2. The molecule has 0 saturated carbocycles. The van der Waals surface area contributed by atoms with Crippen molar-refractivity contribution in [1.29, 1.82) is 0 Å². The fourth-order valence-corrected chi connectivity index (χ4v) is 12.2. The molecule has 0 aromatic heterocycles. The molecule has 0 aliphatic heterocycles. The van der Waals surface area contributed by atoms with Crippen LogP contribution in [0.5, 0.6) is 0 Å². The lowest BCUT2D eigenvalue weighted by Crippen LogP contribution is -2.30. The minimum atomic E-state index is -4.94. The van der Waals surface area contributed by atoms with Crippen LogP contribution in [-0.2, 0) is 55.8 Å². The minimum absolute atomic E-state index is 0.0883. The van der Waals surface area contributed by atoms with Crippen LogP contribution in [-0.4, -0.2) is 95.9 Å². The second-order valence-electron chi connectivity index (χ2n) is 26.5. The van der Waals surface area contributed by atoms with E-state index < -0.39 is 91.5 Å². The summed E-state index contributed by atoms with van der Waals surface area (Å²) in [6.45, 7) is 2.50. The van der Waals surface area contributed by atoms with Gasteiger partial charge in [0.25, 0.3) is 0 Å². The van der Waals surface area contributed by atoms with Gasteiger partial charge >= 0.3 is 33.6 Å². The van der Waals surface area contributed by atoms with Gasteiger partial charge in [-0.25, -0.2) is 9.13 Å². The maximum absolute atomic E-state index is 12.9. The van der Waals surface area contributed by atoms with Crippen molar-refractivity contribution in [1.82, 2.24) is 0 Å². The van der Waals surface area contributed by atoms with E-state index in [2.05, 4.69) is 142 Å². The third-order valence-corrected chi connectivity index (χ3v) is 18.5. The van der Waals surface area contributed by atoms with E-state index in [-0.39, 0.29) is 19.3 Å². The second kappa shape index (κ2) is 75.6. The molecule has 0 aromatic carbocycles. The highest BCUT2D eigenvalue weighted by molar-refractivity contribution is 7.47. The smallest absolute Gasteiger partial charge is 0.463 e. The Hall–Kier alpha value is -4.05. The zero-order chi connectivity index (χ0) is 73.7. The van der Waals surface area contributed by atoms with Crippen molar-refractivity contribution in [2.24, 2.45) is 0 Å². The van der Waals surface area contributed by atoms with Crippen LogP contribution in [0.15, 0.2) is 122 Å². The fourth-order valence-electron chi connectivity index (χ4n) is 10.6. The number of phosphoric ester groups is 2. The first-order valence-electron chi connectivity index (χ1n) is 39.8. The van der Waals surface area contributed by atoms with E-state index in [9.17, 15) is 43.5 Å². The van der Waals surface area contributed by atoms with Crippen LogP contribution in [0.2, 0.25) is 0 Å². The summed E-state index contributed by atoms with van der Waals surface area (Å²) in [5, 5.41) is 20.6. The van der Waals surface area contributed by atoms with Gasteiger partial charge in [-0.3, -0.25) is 32.5 Å². The van der Waals surface area contributed by atoms with Gasteiger partial charge in [0.1, 0.15) is 25.4 Å². The van der Waals surface area contributed by atoms with Gasteiger partial charge in [-0.15, -0.1) is 0 Å². The number of hydrogen-bond donors (Lipinski definition) is 4. The lowest BCUT2D eigenvalue weighted by molar-refractivity contribution is -0.161. The average molecular weight is 1460 g/mol. The van der Waals surface area contributed by atoms with Crippen LogP contribution in [0.3, 0.4) is 0 Å². The first-order chi connectivity index (χ1) is 49.2. The number of phosphoric acid groups is 2. The number of aliphatic hydroxyl groups excluding tert-OH is 2. The van der Waals surface area contributed by atoms with Crippen molar-refractivity contribution in [3.8, 4) is 0 Å². The van der Waals surface area contributed by atoms with Crippen LogP contribution in [0.25, 0.3) is 0 Å². The van der Waals surface area contributed by atoms with E-state index in [1.54, 1.807) is 0 Å². The Balaban J connectivity index is 4.46. The topological polar surface area (TPSA) is 231 Å². The largest absolute Gasteiger partial charge is 0.472 e. The van der Waals surface area contributed by atoms with E-state index in [1.807, 2.05) is 0 Å². The molecule has 0 spiro atoms. The lowest BCUT2D eigenvalue weighted by Gasteiger charge is -2.21. The Morgan fingerprint density at radius 3 is 0.861 bits per heavy atom. The molecule has 16 nitrogen and oxygen atoms in total. The monoisotopic (exact) mass is 1460 g/mol. The molecule has 0 amide bonds. The predicted octanol–water partition coefficient (Wildman–Crippen LogP) is 23.3. The van der Waals surface area contributed by atoms with Crippen molar-refractivity contribution in [2.45, 2.75) is 347 Å². The molecule has 0 aliphatic carbocycles. The van der Waals surface area contributed by atoms with E-state index in [0.717, 1.165) is 141 Å². The molecule has 4 N–H and O–H groups in total. The second-order valence-corrected chi connectivity index (χ2v) is 29.4. The molecule has 0 rings (SSSR count). The first kappa shape index (κ1) is 97.0. The van der Waals surface area contributed by atoms with Crippen molar-refractivity contribution in [2.75, 3.05) is 39.6 Å². The normalized spacial score (nSPS) is 14.6. The van der Waals surface area contributed by atoms with Gasteiger partial charge in [0.05, 0.1) is 26.4 Å². The highest BCUT2D eigenvalue weighted by Crippen LogP contribution is 2.45. The number of carbonyl (C=O) groups excluding carboxylic acids is 3.